The van der Waals surface area contributed by atoms with E-state index >= 15 is 0 Å². The second-order valence-corrected chi connectivity index (χ2v) is 8.21. The largest absolute Gasteiger partial charge is 0.444 e. The van der Waals surface area contributed by atoms with Crippen LogP contribution < -0.4 is 10.6 Å². The molecular formula is C20H33IN6O2. The van der Waals surface area contributed by atoms with Crippen LogP contribution >= 0.6 is 24.0 Å². The number of piperazine rings is 1. The first-order valence-electron chi connectivity index (χ1n) is 10.1. The Morgan fingerprint density at radius 2 is 1.97 bits per heavy atom. The van der Waals surface area contributed by atoms with E-state index in [0.29, 0.717) is 13.1 Å². The number of aromatic nitrogens is 1. The molecule has 1 atom stereocenters. The highest BCUT2D eigenvalue weighted by Gasteiger charge is 2.36. The molecule has 1 saturated heterocycles. The van der Waals surface area contributed by atoms with Gasteiger partial charge in [-0.3, -0.25) is 4.99 Å². The molecule has 0 spiro atoms. The number of rotatable bonds is 6. The lowest BCUT2D eigenvalue weighted by atomic mass is 10.2. The topological polar surface area (TPSA) is 82.1 Å². The van der Waals surface area contributed by atoms with Crippen molar-refractivity contribution in [1.82, 2.24) is 20.1 Å². The van der Waals surface area contributed by atoms with Gasteiger partial charge >= 0.3 is 6.09 Å². The van der Waals surface area contributed by atoms with E-state index in [2.05, 4.69) is 25.5 Å². The monoisotopic (exact) mass is 516 g/mol. The predicted molar refractivity (Wildman–Crippen MR) is 126 cm³/mol. The number of hydrogen-bond donors (Lipinski definition) is 2. The van der Waals surface area contributed by atoms with Crippen molar-refractivity contribution in [3.05, 3.63) is 24.4 Å². The van der Waals surface area contributed by atoms with E-state index in [0.717, 1.165) is 50.8 Å². The molecule has 0 saturated carbocycles. The number of carbonyl (C=O) groups excluding carboxylic acids is 1. The molecule has 0 radical (unpaired) electrons. The van der Waals surface area contributed by atoms with Gasteiger partial charge in [-0.1, -0.05) is 6.07 Å². The molecule has 9 heteroatoms. The van der Waals surface area contributed by atoms with Crippen LogP contribution in [0.2, 0.25) is 0 Å². The van der Waals surface area contributed by atoms with Crippen LogP contribution in [-0.4, -0.2) is 77.7 Å². The lowest BCUT2D eigenvalue weighted by Crippen LogP contribution is -2.57. The summed E-state index contributed by atoms with van der Waals surface area (Å²) < 4.78 is 5.49. The van der Waals surface area contributed by atoms with Crippen LogP contribution in [0.1, 0.15) is 33.6 Å². The molecule has 0 aliphatic carbocycles. The van der Waals surface area contributed by atoms with E-state index in [1.165, 1.54) is 0 Å². The minimum absolute atomic E-state index is 0. The highest BCUT2D eigenvalue weighted by molar-refractivity contribution is 14.0. The zero-order valence-corrected chi connectivity index (χ0v) is 19.9. The maximum atomic E-state index is 12.3. The number of hydrogen-bond acceptors (Lipinski definition) is 7. The van der Waals surface area contributed by atoms with Gasteiger partial charge in [-0.25, -0.2) is 9.78 Å². The standard InChI is InChI=1S/C20H32N6O2.HI/c1-20(2,3)28-19(27)25-12-13-26-16(15-25)14-24-18(26)23-11-7-6-10-22-17-8-4-5-9-21-17;/h4-5,8-9,16H,6-7,10-15H2,1-3H3,(H,21,22)(H,23,24);1H. The van der Waals surface area contributed by atoms with Gasteiger partial charge in [0.1, 0.15) is 11.4 Å². The van der Waals surface area contributed by atoms with Crippen molar-refractivity contribution < 1.29 is 9.53 Å². The molecule has 2 aliphatic heterocycles. The van der Waals surface area contributed by atoms with Crippen molar-refractivity contribution >= 4 is 41.8 Å². The number of nitrogens with zero attached hydrogens (tertiary/aromatic N) is 4. The van der Waals surface area contributed by atoms with Gasteiger partial charge in [0.25, 0.3) is 0 Å². The zero-order chi connectivity index (χ0) is 20.0. The Balaban J connectivity index is 0.00000300. The van der Waals surface area contributed by atoms with Crippen LogP contribution in [0.25, 0.3) is 0 Å². The first kappa shape index (κ1) is 23.5. The minimum atomic E-state index is -0.460. The third-order valence-corrected chi connectivity index (χ3v) is 4.72. The average molecular weight is 516 g/mol. The molecule has 1 amide bonds. The number of amides is 1. The minimum Gasteiger partial charge on any atom is -0.444 e. The maximum Gasteiger partial charge on any atom is 0.410 e. The molecule has 0 aromatic carbocycles. The van der Waals surface area contributed by atoms with E-state index < -0.39 is 5.60 Å². The highest BCUT2D eigenvalue weighted by atomic mass is 127. The number of nitrogens with one attached hydrogen (secondary N) is 2. The third-order valence-electron chi connectivity index (χ3n) is 4.72. The van der Waals surface area contributed by atoms with E-state index in [-0.39, 0.29) is 36.1 Å². The summed E-state index contributed by atoms with van der Waals surface area (Å²) in [5.41, 5.74) is -0.460. The second kappa shape index (κ2) is 10.8. The Morgan fingerprint density at radius 1 is 1.21 bits per heavy atom. The quantitative estimate of drug-likeness (QED) is 0.447. The predicted octanol–water partition coefficient (Wildman–Crippen LogP) is 2.77. The fraction of sp³-hybridized carbons (Fsp3) is 0.650. The fourth-order valence-corrected chi connectivity index (χ4v) is 3.36. The second-order valence-electron chi connectivity index (χ2n) is 8.21. The Kier molecular flexibility index (Phi) is 8.79. The molecule has 162 valence electrons. The summed E-state index contributed by atoms with van der Waals surface area (Å²) in [5, 5.41) is 6.78. The van der Waals surface area contributed by atoms with Gasteiger partial charge < -0.3 is 25.2 Å². The van der Waals surface area contributed by atoms with Gasteiger partial charge in [-0.2, -0.15) is 0 Å². The summed E-state index contributed by atoms with van der Waals surface area (Å²) in [6.45, 7) is 10.3. The van der Waals surface area contributed by atoms with Crippen molar-refractivity contribution in [2.24, 2.45) is 4.99 Å². The molecule has 29 heavy (non-hydrogen) atoms. The fourth-order valence-electron chi connectivity index (χ4n) is 3.36. The number of halogens is 1. The summed E-state index contributed by atoms with van der Waals surface area (Å²) in [6.07, 6.45) is 3.68. The first-order valence-corrected chi connectivity index (χ1v) is 10.1. The van der Waals surface area contributed by atoms with E-state index in [1.54, 1.807) is 11.1 Å². The molecule has 2 N–H and O–H groups in total. The number of fused-ring (bicyclic) bond motifs is 1. The molecule has 3 heterocycles. The van der Waals surface area contributed by atoms with Crippen LogP contribution in [-0.2, 0) is 4.74 Å². The number of anilines is 1. The maximum absolute atomic E-state index is 12.3. The van der Waals surface area contributed by atoms with E-state index in [1.807, 2.05) is 39.0 Å². The van der Waals surface area contributed by atoms with Crippen LogP contribution in [0, 0.1) is 0 Å². The van der Waals surface area contributed by atoms with E-state index in [9.17, 15) is 4.79 Å². The van der Waals surface area contributed by atoms with Gasteiger partial charge in [0.05, 0.1) is 12.6 Å². The Labute approximate surface area is 190 Å². The smallest absolute Gasteiger partial charge is 0.410 e. The number of aliphatic imine (C=N–C) groups is 1. The van der Waals surface area contributed by atoms with Crippen molar-refractivity contribution in [2.75, 3.05) is 44.6 Å². The molecule has 1 fully saturated rings. The lowest BCUT2D eigenvalue weighted by Gasteiger charge is -2.39. The molecule has 3 rings (SSSR count). The van der Waals surface area contributed by atoms with Gasteiger partial charge in [-0.15, -0.1) is 24.0 Å². The molecule has 8 nitrogen and oxygen atoms in total. The van der Waals surface area contributed by atoms with Crippen LogP contribution in [0.3, 0.4) is 0 Å². The molecular weight excluding hydrogens is 483 g/mol. The number of pyridine rings is 1. The van der Waals surface area contributed by atoms with Gasteiger partial charge in [0.2, 0.25) is 0 Å². The van der Waals surface area contributed by atoms with Gasteiger partial charge in [0.15, 0.2) is 5.96 Å². The summed E-state index contributed by atoms with van der Waals surface area (Å²) in [7, 11) is 0. The number of guanidine groups is 1. The van der Waals surface area contributed by atoms with Crippen LogP contribution in [0.4, 0.5) is 10.6 Å². The average Bonchev–Trinajstić information content (AvgIpc) is 3.06. The summed E-state index contributed by atoms with van der Waals surface area (Å²) in [5.74, 6) is 1.88. The molecule has 0 bridgehead atoms. The highest BCUT2D eigenvalue weighted by Crippen LogP contribution is 2.18. The third kappa shape index (κ3) is 7.20. The van der Waals surface area contributed by atoms with Crippen LogP contribution in [0.5, 0.6) is 0 Å². The summed E-state index contributed by atoms with van der Waals surface area (Å²) in [4.78, 5) is 25.3. The Bertz CT molecular complexity index is 679. The van der Waals surface area contributed by atoms with Gasteiger partial charge in [-0.05, 0) is 45.7 Å². The number of carbonyl (C=O) groups is 1. The molecule has 1 aromatic heterocycles. The normalized spacial score (nSPS) is 18.4. The molecule has 1 unspecified atom stereocenters. The molecule has 1 aromatic rings. The summed E-state index contributed by atoms with van der Waals surface area (Å²) in [6, 6.07) is 6.11. The van der Waals surface area contributed by atoms with Crippen molar-refractivity contribution in [3.63, 3.8) is 0 Å². The zero-order valence-electron chi connectivity index (χ0n) is 17.6. The SMILES string of the molecule is CC(C)(C)OC(=O)N1CCN2C(NCCCCNc3ccccn3)=NCC2C1.I. The van der Waals surface area contributed by atoms with E-state index in [4.69, 9.17) is 4.74 Å². The lowest BCUT2D eigenvalue weighted by molar-refractivity contribution is 0.0137. The number of unbranched alkanes of at least 4 members (excludes halogenated alkanes) is 1. The summed E-state index contributed by atoms with van der Waals surface area (Å²) >= 11 is 0. The van der Waals surface area contributed by atoms with Crippen molar-refractivity contribution in [3.8, 4) is 0 Å². The van der Waals surface area contributed by atoms with Crippen molar-refractivity contribution in [1.29, 1.82) is 0 Å². The number of ether oxygens (including phenoxy) is 1. The Morgan fingerprint density at radius 3 is 2.66 bits per heavy atom. The molecule has 2 aliphatic rings. The Hall–Kier alpha value is -1.78. The first-order chi connectivity index (χ1) is 13.4. The van der Waals surface area contributed by atoms with Gasteiger partial charge in [0, 0.05) is 38.9 Å². The van der Waals surface area contributed by atoms with Crippen molar-refractivity contribution in [2.45, 2.75) is 45.3 Å². The van der Waals surface area contributed by atoms with Crippen LogP contribution in [0.15, 0.2) is 29.4 Å².